The van der Waals surface area contributed by atoms with Crippen LogP contribution in [-0.4, -0.2) is 39.5 Å². The normalized spacial score (nSPS) is 22.9. The maximum absolute atomic E-state index is 12.7. The number of H-pyrrole nitrogens is 1. The highest BCUT2D eigenvalue weighted by atomic mass is 32.2. The molecule has 1 amide bonds. The second-order valence-electron chi connectivity index (χ2n) is 8.13. The Morgan fingerprint density at radius 3 is 2.90 bits per heavy atom. The van der Waals surface area contributed by atoms with Crippen LogP contribution in [0.15, 0.2) is 26.6 Å². The predicted octanol–water partition coefficient (Wildman–Crippen LogP) is 3.65. The van der Waals surface area contributed by atoms with Gasteiger partial charge in [-0.05, 0) is 38.5 Å². The fraction of sp³-hybridized carbons (Fsp3) is 0.636. The number of amides is 1. The summed E-state index contributed by atoms with van der Waals surface area (Å²) in [6.45, 7) is 6.42. The highest BCUT2D eigenvalue weighted by molar-refractivity contribution is 8.04. The first kappa shape index (κ1) is 23.9. The van der Waals surface area contributed by atoms with E-state index in [-0.39, 0.29) is 29.1 Å². The van der Waals surface area contributed by atoms with Crippen molar-refractivity contribution >= 4 is 35.4 Å². The van der Waals surface area contributed by atoms with Gasteiger partial charge in [0, 0.05) is 22.9 Å². The van der Waals surface area contributed by atoms with E-state index in [2.05, 4.69) is 29.1 Å². The molecule has 0 radical (unpaired) electrons. The number of rotatable bonds is 9. The number of aromatic nitrogens is 2. The summed E-state index contributed by atoms with van der Waals surface area (Å²) >= 11 is 2.78. The molecule has 1 aliphatic carbocycles. The summed E-state index contributed by atoms with van der Waals surface area (Å²) in [6.07, 6.45) is 5.78. The van der Waals surface area contributed by atoms with Crippen LogP contribution in [0.2, 0.25) is 0 Å². The van der Waals surface area contributed by atoms with Crippen molar-refractivity contribution in [2.45, 2.75) is 69.7 Å². The smallest absolute Gasteiger partial charge is 0.336 e. The summed E-state index contributed by atoms with van der Waals surface area (Å²) in [5, 5.41) is 4.31. The average molecular weight is 466 g/mol. The minimum atomic E-state index is -0.324. The van der Waals surface area contributed by atoms with Gasteiger partial charge in [0.1, 0.15) is 0 Å². The molecular formula is C22H31N3O4S2. The third kappa shape index (κ3) is 6.38. The van der Waals surface area contributed by atoms with Crippen LogP contribution >= 0.6 is 23.5 Å². The number of aromatic amines is 1. The van der Waals surface area contributed by atoms with Crippen molar-refractivity contribution in [3.05, 3.63) is 32.7 Å². The van der Waals surface area contributed by atoms with E-state index in [1.54, 1.807) is 18.7 Å². The number of carbonyl (C=O) groups excluding carboxylic acids is 2. The topological polar surface area (TPSA) is 101 Å². The third-order valence-electron chi connectivity index (χ3n) is 5.59. The molecule has 1 fully saturated rings. The Morgan fingerprint density at radius 2 is 2.16 bits per heavy atom. The molecule has 3 unspecified atom stereocenters. The fourth-order valence-corrected chi connectivity index (χ4v) is 6.45. The van der Waals surface area contributed by atoms with Gasteiger partial charge in [-0.3, -0.25) is 9.59 Å². The molecule has 2 heterocycles. The van der Waals surface area contributed by atoms with Gasteiger partial charge in [-0.25, -0.2) is 9.78 Å². The van der Waals surface area contributed by atoms with Crippen LogP contribution < -0.4 is 10.9 Å². The van der Waals surface area contributed by atoms with Crippen LogP contribution in [-0.2, 0) is 20.7 Å². The Kier molecular flexibility index (Phi) is 8.66. The minimum absolute atomic E-state index is 0.103. The molecule has 1 saturated carbocycles. The summed E-state index contributed by atoms with van der Waals surface area (Å²) in [4.78, 5) is 44.3. The van der Waals surface area contributed by atoms with Crippen molar-refractivity contribution in [1.82, 2.24) is 15.3 Å². The predicted molar refractivity (Wildman–Crippen MR) is 124 cm³/mol. The largest absolute Gasteiger partial charge is 0.463 e. The molecule has 1 aromatic heterocycles. The number of fused-ring (bicyclic) bond motifs is 1. The SMILES string of the molecule is CCCCc1cc(=O)[nH]c(SCC(=O)NC2=C(C(=O)OCC)C3CCC(C)CC3S2)n1. The van der Waals surface area contributed by atoms with E-state index in [0.29, 0.717) is 33.5 Å². The Labute approximate surface area is 191 Å². The molecular weight excluding hydrogens is 434 g/mol. The number of esters is 1. The lowest BCUT2D eigenvalue weighted by Gasteiger charge is -2.29. The maximum atomic E-state index is 12.7. The van der Waals surface area contributed by atoms with Crippen LogP contribution in [0.25, 0.3) is 0 Å². The number of unbranched alkanes of at least 4 members (excludes halogenated alkanes) is 1. The Hall–Kier alpha value is -1.74. The number of ether oxygens (including phenoxy) is 1. The summed E-state index contributed by atoms with van der Waals surface area (Å²) in [5.41, 5.74) is 1.15. The summed E-state index contributed by atoms with van der Waals surface area (Å²) in [6, 6.07) is 1.51. The summed E-state index contributed by atoms with van der Waals surface area (Å²) < 4.78 is 5.28. The quantitative estimate of drug-likeness (QED) is 0.326. The number of aryl methyl sites for hydroxylation is 1. The van der Waals surface area contributed by atoms with Crippen LogP contribution in [0, 0.1) is 11.8 Å². The third-order valence-corrected chi connectivity index (χ3v) is 7.84. The first-order chi connectivity index (χ1) is 14.9. The monoisotopic (exact) mass is 465 g/mol. The number of hydrogen-bond acceptors (Lipinski definition) is 7. The first-order valence-electron chi connectivity index (χ1n) is 11.0. The zero-order chi connectivity index (χ0) is 22.4. The number of nitrogens with one attached hydrogen (secondary N) is 2. The summed E-state index contributed by atoms with van der Waals surface area (Å²) in [7, 11) is 0. The molecule has 1 aromatic rings. The number of carbonyl (C=O) groups is 2. The second kappa shape index (κ2) is 11.2. The van der Waals surface area contributed by atoms with E-state index in [4.69, 9.17) is 4.74 Å². The zero-order valence-electron chi connectivity index (χ0n) is 18.4. The molecule has 7 nitrogen and oxygen atoms in total. The minimum Gasteiger partial charge on any atom is -0.463 e. The standard InChI is InChI=1S/C22H31N3O4S2/c1-4-6-7-14-11-17(26)25-22(23-14)30-12-18(27)24-20-19(21(28)29-5-2)15-9-8-13(3)10-16(15)31-20/h11,13,15-16H,4-10,12H2,1-3H3,(H,24,27)(H,23,25,26). The van der Waals surface area contributed by atoms with Gasteiger partial charge in [-0.1, -0.05) is 38.5 Å². The highest BCUT2D eigenvalue weighted by Crippen LogP contribution is 2.49. The van der Waals surface area contributed by atoms with Gasteiger partial charge in [0.15, 0.2) is 5.16 Å². The van der Waals surface area contributed by atoms with Gasteiger partial charge in [-0.15, -0.1) is 11.8 Å². The first-order valence-corrected chi connectivity index (χ1v) is 12.9. The van der Waals surface area contributed by atoms with Gasteiger partial charge in [0.05, 0.1) is 23.0 Å². The van der Waals surface area contributed by atoms with E-state index in [9.17, 15) is 14.4 Å². The molecule has 2 aliphatic rings. The van der Waals surface area contributed by atoms with Crippen LogP contribution in [0.3, 0.4) is 0 Å². The van der Waals surface area contributed by atoms with Gasteiger partial charge >= 0.3 is 5.97 Å². The van der Waals surface area contributed by atoms with E-state index >= 15 is 0 Å². The molecule has 0 aromatic carbocycles. The molecule has 170 valence electrons. The number of nitrogens with zero attached hydrogens (tertiary/aromatic N) is 1. The molecule has 2 N–H and O–H groups in total. The molecule has 3 atom stereocenters. The van der Waals surface area contributed by atoms with Gasteiger partial charge in [0.2, 0.25) is 5.91 Å². The van der Waals surface area contributed by atoms with Gasteiger partial charge < -0.3 is 15.0 Å². The van der Waals surface area contributed by atoms with E-state index in [0.717, 1.165) is 44.2 Å². The Morgan fingerprint density at radius 1 is 1.35 bits per heavy atom. The van der Waals surface area contributed by atoms with Crippen molar-refractivity contribution < 1.29 is 14.3 Å². The molecule has 9 heteroatoms. The lowest BCUT2D eigenvalue weighted by Crippen LogP contribution is -2.28. The van der Waals surface area contributed by atoms with E-state index in [1.807, 2.05) is 0 Å². The van der Waals surface area contributed by atoms with Crippen molar-refractivity contribution in [2.75, 3.05) is 12.4 Å². The average Bonchev–Trinajstić information content (AvgIpc) is 3.07. The van der Waals surface area contributed by atoms with Crippen LogP contribution in [0.4, 0.5) is 0 Å². The maximum Gasteiger partial charge on any atom is 0.336 e. The van der Waals surface area contributed by atoms with E-state index in [1.165, 1.54) is 17.8 Å². The number of thioether (sulfide) groups is 2. The van der Waals surface area contributed by atoms with E-state index < -0.39 is 0 Å². The highest BCUT2D eigenvalue weighted by Gasteiger charge is 2.43. The molecule has 3 rings (SSSR count). The van der Waals surface area contributed by atoms with Crippen molar-refractivity contribution in [3.63, 3.8) is 0 Å². The van der Waals surface area contributed by atoms with Gasteiger partial charge in [0.25, 0.3) is 5.56 Å². The number of hydrogen-bond donors (Lipinski definition) is 2. The van der Waals surface area contributed by atoms with Crippen LogP contribution in [0.5, 0.6) is 0 Å². The molecule has 0 spiro atoms. The lowest BCUT2D eigenvalue weighted by atomic mass is 9.79. The molecule has 1 aliphatic heterocycles. The molecule has 0 saturated heterocycles. The van der Waals surface area contributed by atoms with Crippen molar-refractivity contribution in [3.8, 4) is 0 Å². The van der Waals surface area contributed by atoms with Crippen molar-refractivity contribution in [1.29, 1.82) is 0 Å². The Bertz CT molecular complexity index is 899. The molecule has 31 heavy (non-hydrogen) atoms. The zero-order valence-corrected chi connectivity index (χ0v) is 20.0. The fourth-order valence-electron chi connectivity index (χ4n) is 4.06. The second-order valence-corrected chi connectivity index (χ2v) is 10.3. The Balaban J connectivity index is 1.66. The van der Waals surface area contributed by atoms with Crippen molar-refractivity contribution in [2.24, 2.45) is 11.8 Å². The van der Waals surface area contributed by atoms with Gasteiger partial charge in [-0.2, -0.15) is 0 Å². The molecule has 0 bridgehead atoms. The summed E-state index contributed by atoms with van der Waals surface area (Å²) in [5.74, 6) is 0.311. The lowest BCUT2D eigenvalue weighted by molar-refractivity contribution is -0.139. The van der Waals surface area contributed by atoms with Crippen LogP contribution in [0.1, 0.15) is 58.6 Å².